The molecule has 3 aromatic rings. The first-order valence-electron chi connectivity index (χ1n) is 11.7. The van der Waals surface area contributed by atoms with E-state index >= 15 is 0 Å². The minimum atomic E-state index is 0.186. The van der Waals surface area contributed by atoms with Crippen molar-refractivity contribution in [3.8, 4) is 0 Å². The molecule has 4 rings (SSSR count). The maximum absolute atomic E-state index is 12.0. The topological polar surface area (TPSA) is 89.1 Å². The van der Waals surface area contributed by atoms with Gasteiger partial charge < -0.3 is 20.5 Å². The lowest BCUT2D eigenvalue weighted by atomic mass is 10.2. The Balaban J connectivity index is 0.00000141. The molecule has 0 radical (unpaired) electrons. The minimum Gasteiger partial charge on any atom is -0.382 e. The van der Waals surface area contributed by atoms with Crippen LogP contribution < -0.4 is 11.1 Å². The van der Waals surface area contributed by atoms with Crippen molar-refractivity contribution in [1.82, 2.24) is 24.8 Å². The Bertz CT molecular complexity index is 1050. The Hall–Kier alpha value is -2.32. The van der Waals surface area contributed by atoms with E-state index < -0.39 is 0 Å². The zero-order valence-electron chi connectivity index (χ0n) is 19.7. The third-order valence-corrected chi connectivity index (χ3v) is 6.96. The van der Waals surface area contributed by atoms with Crippen LogP contribution in [0.15, 0.2) is 24.3 Å². The van der Waals surface area contributed by atoms with Crippen molar-refractivity contribution in [2.75, 3.05) is 30.3 Å². The molecule has 1 amide bonds. The van der Waals surface area contributed by atoms with E-state index in [1.165, 1.54) is 0 Å². The third-order valence-electron chi connectivity index (χ3n) is 5.72. The lowest BCUT2D eigenvalue weighted by Gasteiger charge is -2.36. The first kappa shape index (κ1) is 24.3. The molecule has 1 fully saturated rings. The Labute approximate surface area is 195 Å². The van der Waals surface area contributed by atoms with E-state index in [2.05, 4.69) is 27.9 Å². The number of hydrogen-bond donors (Lipinski definition) is 2. The molecule has 0 saturated carbocycles. The molecule has 0 bridgehead atoms. The van der Waals surface area contributed by atoms with Crippen LogP contribution in [-0.4, -0.2) is 56.0 Å². The lowest BCUT2D eigenvalue weighted by molar-refractivity contribution is -0.130. The molecular formula is C24H36N6OS. The largest absolute Gasteiger partial charge is 0.382 e. The molecule has 7 nitrogen and oxygen atoms in total. The minimum absolute atomic E-state index is 0.186. The summed E-state index contributed by atoms with van der Waals surface area (Å²) < 4.78 is 2.29. The zero-order chi connectivity index (χ0) is 23.1. The summed E-state index contributed by atoms with van der Waals surface area (Å²) in [7, 11) is 0. The van der Waals surface area contributed by atoms with Gasteiger partial charge in [-0.3, -0.25) is 4.79 Å². The van der Waals surface area contributed by atoms with E-state index in [0.29, 0.717) is 18.4 Å². The highest BCUT2D eigenvalue weighted by Gasteiger charge is 2.27. The molecule has 1 aromatic carbocycles. The number of nitrogens with zero attached hydrogens (tertiary/aromatic N) is 4. The van der Waals surface area contributed by atoms with Crippen molar-refractivity contribution in [1.29, 1.82) is 0 Å². The normalized spacial score (nSPS) is 13.6. The Morgan fingerprint density at radius 2 is 2.00 bits per heavy atom. The van der Waals surface area contributed by atoms with Crippen molar-refractivity contribution < 1.29 is 4.79 Å². The van der Waals surface area contributed by atoms with Crippen LogP contribution in [0.3, 0.4) is 0 Å². The van der Waals surface area contributed by atoms with Gasteiger partial charge >= 0.3 is 0 Å². The number of carbonyl (C=O) groups is 1. The Morgan fingerprint density at radius 3 is 2.66 bits per heavy atom. The second kappa shape index (κ2) is 11.5. The number of para-hydroxylation sites is 1. The molecule has 0 spiro atoms. The molecule has 1 aliphatic rings. The van der Waals surface area contributed by atoms with Crippen molar-refractivity contribution in [2.24, 2.45) is 0 Å². The van der Waals surface area contributed by atoms with Gasteiger partial charge in [-0.15, -0.1) is 0 Å². The van der Waals surface area contributed by atoms with Gasteiger partial charge in [0.2, 0.25) is 5.91 Å². The third kappa shape index (κ3) is 5.18. The summed E-state index contributed by atoms with van der Waals surface area (Å²) in [5, 5.41) is 4.46. The predicted molar refractivity (Wildman–Crippen MR) is 136 cm³/mol. The van der Waals surface area contributed by atoms with Crippen LogP contribution in [0.4, 0.5) is 5.82 Å². The number of aromatic nitrogens is 3. The molecule has 8 heteroatoms. The fourth-order valence-corrected chi connectivity index (χ4v) is 4.88. The number of pyridine rings is 1. The SMILES string of the molecule is CC.CCNCc1nc2c(N)nc3ccccc3c2n1CCCCN(C(C)=O)C1CSC1. The quantitative estimate of drug-likeness (QED) is 0.472. The fraction of sp³-hybridized carbons (Fsp3) is 0.542. The number of hydrogen-bond acceptors (Lipinski definition) is 6. The molecule has 0 aliphatic carbocycles. The zero-order valence-corrected chi connectivity index (χ0v) is 20.5. The highest BCUT2D eigenvalue weighted by Crippen LogP contribution is 2.29. The summed E-state index contributed by atoms with van der Waals surface area (Å²) in [5.41, 5.74) is 8.99. The summed E-state index contributed by atoms with van der Waals surface area (Å²) >= 11 is 1.91. The number of nitrogen functional groups attached to an aromatic ring is 1. The van der Waals surface area contributed by atoms with E-state index in [-0.39, 0.29) is 5.91 Å². The maximum Gasteiger partial charge on any atom is 0.219 e. The molecule has 174 valence electrons. The van der Waals surface area contributed by atoms with Crippen LogP contribution in [0, 0.1) is 0 Å². The number of fused-ring (bicyclic) bond motifs is 3. The van der Waals surface area contributed by atoms with Crippen molar-refractivity contribution in [3.05, 3.63) is 30.1 Å². The van der Waals surface area contributed by atoms with Crippen molar-refractivity contribution in [2.45, 2.75) is 59.7 Å². The van der Waals surface area contributed by atoms with Crippen LogP contribution in [0.25, 0.3) is 21.9 Å². The number of thioether (sulfide) groups is 1. The molecule has 32 heavy (non-hydrogen) atoms. The van der Waals surface area contributed by atoms with E-state index in [4.69, 9.17) is 10.7 Å². The van der Waals surface area contributed by atoms with Gasteiger partial charge in [-0.05, 0) is 25.5 Å². The number of rotatable bonds is 9. The summed E-state index contributed by atoms with van der Waals surface area (Å²) in [6.07, 6.45) is 1.95. The summed E-state index contributed by atoms with van der Waals surface area (Å²) in [6.45, 7) is 11.0. The Morgan fingerprint density at radius 1 is 1.25 bits per heavy atom. The molecule has 1 aliphatic heterocycles. The van der Waals surface area contributed by atoms with E-state index in [0.717, 1.165) is 71.7 Å². The second-order valence-electron chi connectivity index (χ2n) is 7.78. The number of anilines is 1. The molecule has 0 atom stereocenters. The molecule has 3 N–H and O–H groups in total. The number of aryl methyl sites for hydroxylation is 1. The number of nitrogens with one attached hydrogen (secondary N) is 1. The summed E-state index contributed by atoms with van der Waals surface area (Å²) in [4.78, 5) is 23.4. The van der Waals surface area contributed by atoms with Gasteiger partial charge in [0.15, 0.2) is 5.82 Å². The Kier molecular flexibility index (Phi) is 8.75. The lowest BCUT2D eigenvalue weighted by Crippen LogP contribution is -2.47. The van der Waals surface area contributed by atoms with Crippen LogP contribution in [0.2, 0.25) is 0 Å². The van der Waals surface area contributed by atoms with E-state index in [9.17, 15) is 4.79 Å². The smallest absolute Gasteiger partial charge is 0.219 e. The number of imidazole rings is 1. The van der Waals surface area contributed by atoms with Gasteiger partial charge in [0, 0.05) is 42.9 Å². The molecule has 3 heterocycles. The summed E-state index contributed by atoms with van der Waals surface area (Å²) in [5.74, 6) is 3.78. The number of unbranched alkanes of at least 4 members (excludes halogenated alkanes) is 1. The van der Waals surface area contributed by atoms with Gasteiger partial charge in [-0.1, -0.05) is 39.0 Å². The maximum atomic E-state index is 12.0. The summed E-state index contributed by atoms with van der Waals surface area (Å²) in [6, 6.07) is 8.51. The van der Waals surface area contributed by atoms with Crippen LogP contribution in [-0.2, 0) is 17.9 Å². The van der Waals surface area contributed by atoms with Gasteiger partial charge in [0.25, 0.3) is 0 Å². The van der Waals surface area contributed by atoms with Gasteiger partial charge in [0.05, 0.1) is 17.6 Å². The molecule has 0 unspecified atom stereocenters. The molecule has 1 saturated heterocycles. The monoisotopic (exact) mass is 456 g/mol. The van der Waals surface area contributed by atoms with Crippen molar-refractivity contribution >= 4 is 45.4 Å². The van der Waals surface area contributed by atoms with E-state index in [1.54, 1.807) is 6.92 Å². The van der Waals surface area contributed by atoms with E-state index in [1.807, 2.05) is 48.7 Å². The van der Waals surface area contributed by atoms with Crippen molar-refractivity contribution in [3.63, 3.8) is 0 Å². The number of nitrogens with two attached hydrogens (primary N) is 1. The van der Waals surface area contributed by atoms with Crippen LogP contribution in [0.5, 0.6) is 0 Å². The van der Waals surface area contributed by atoms with Crippen LogP contribution >= 0.6 is 11.8 Å². The highest BCUT2D eigenvalue weighted by molar-refractivity contribution is 8.00. The number of carbonyl (C=O) groups excluding carboxylic acids is 1. The predicted octanol–water partition coefficient (Wildman–Crippen LogP) is 4.05. The average molecular weight is 457 g/mol. The average Bonchev–Trinajstić information content (AvgIpc) is 3.13. The van der Waals surface area contributed by atoms with Gasteiger partial charge in [-0.25, -0.2) is 9.97 Å². The number of benzene rings is 1. The molecule has 2 aromatic heterocycles. The highest BCUT2D eigenvalue weighted by atomic mass is 32.2. The first-order chi connectivity index (χ1) is 15.6. The molecular weight excluding hydrogens is 420 g/mol. The van der Waals surface area contributed by atoms with Crippen LogP contribution in [0.1, 0.15) is 46.4 Å². The van der Waals surface area contributed by atoms with Gasteiger partial charge in [-0.2, -0.15) is 11.8 Å². The fourth-order valence-electron chi connectivity index (χ4n) is 4.07. The first-order valence-corrected chi connectivity index (χ1v) is 12.8. The number of amides is 1. The van der Waals surface area contributed by atoms with Gasteiger partial charge in [0.1, 0.15) is 11.3 Å². The second-order valence-corrected chi connectivity index (χ2v) is 8.86. The standard InChI is InChI=1S/C22H30N6OS.C2H6/c1-3-24-12-19-26-20-21(17-8-4-5-9-18(17)25-22(20)23)28(19)11-7-6-10-27(15(2)29)16-13-30-14-16;1-2/h4-5,8-9,16,24H,3,6-7,10-14H2,1-2H3,(H2,23,25);1-2H3.